The number of benzene rings is 1. The van der Waals surface area contributed by atoms with Crippen LogP contribution >= 0.6 is 23.1 Å². The predicted molar refractivity (Wildman–Crippen MR) is 151 cm³/mol. The number of hydrogen-bond donors (Lipinski definition) is 2. The lowest BCUT2D eigenvalue weighted by molar-refractivity contribution is -0.177. The lowest BCUT2D eigenvalue weighted by atomic mass is 9.45. The number of carbonyl (C=O) groups excluding carboxylic acids is 1. The van der Waals surface area contributed by atoms with Crippen LogP contribution in [0.25, 0.3) is 16.3 Å². The summed E-state index contributed by atoms with van der Waals surface area (Å²) in [6.45, 7) is 4.41. The Bertz CT molecular complexity index is 1450. The molecule has 4 aliphatic rings. The number of para-hydroxylation sites is 1. The highest BCUT2D eigenvalue weighted by Gasteiger charge is 2.68. The van der Waals surface area contributed by atoms with Crippen molar-refractivity contribution in [3.8, 4) is 0 Å². The van der Waals surface area contributed by atoms with Crippen LogP contribution in [-0.4, -0.2) is 48.2 Å². The summed E-state index contributed by atoms with van der Waals surface area (Å²) in [6.07, 6.45) is 8.43. The molecule has 2 heterocycles. The van der Waals surface area contributed by atoms with Crippen LogP contribution in [0.1, 0.15) is 57.2 Å². The van der Waals surface area contributed by atoms with E-state index in [1.54, 1.807) is 11.3 Å². The van der Waals surface area contributed by atoms with Crippen LogP contribution in [0.4, 0.5) is 0 Å². The van der Waals surface area contributed by atoms with Gasteiger partial charge in [-0.3, -0.25) is 9.48 Å². The molecule has 0 amide bonds. The Morgan fingerprint density at radius 2 is 2.08 bits per heavy atom. The molecular weight excluding hydrogens is 514 g/mol. The molecule has 0 spiro atoms. The fourth-order valence-electron chi connectivity index (χ4n) is 8.94. The van der Waals surface area contributed by atoms with Crippen molar-refractivity contribution in [2.45, 2.75) is 68.4 Å². The summed E-state index contributed by atoms with van der Waals surface area (Å²) in [4.78, 5) is 18.4. The Morgan fingerprint density at radius 1 is 1.26 bits per heavy atom. The first-order valence-electron chi connectivity index (χ1n) is 13.8. The van der Waals surface area contributed by atoms with Crippen molar-refractivity contribution in [1.82, 2.24) is 14.8 Å². The van der Waals surface area contributed by atoms with E-state index in [-0.39, 0.29) is 28.8 Å². The minimum Gasteiger partial charge on any atom is -0.393 e. The zero-order valence-electron chi connectivity index (χ0n) is 22.2. The number of rotatable bonds is 4. The minimum atomic E-state index is -1.41. The number of aryl methyl sites for hydroxylation is 1. The van der Waals surface area contributed by atoms with E-state index in [9.17, 15) is 15.0 Å². The van der Waals surface area contributed by atoms with Crippen molar-refractivity contribution in [1.29, 1.82) is 0 Å². The van der Waals surface area contributed by atoms with E-state index in [2.05, 4.69) is 30.0 Å². The van der Waals surface area contributed by atoms with E-state index >= 15 is 0 Å². The van der Waals surface area contributed by atoms with E-state index in [0.717, 1.165) is 40.2 Å². The second-order valence-corrected chi connectivity index (χ2v) is 14.8. The summed E-state index contributed by atoms with van der Waals surface area (Å²) in [6, 6.07) is 8.00. The molecule has 38 heavy (non-hydrogen) atoms. The van der Waals surface area contributed by atoms with Crippen LogP contribution in [0.15, 0.2) is 40.4 Å². The van der Waals surface area contributed by atoms with Crippen LogP contribution in [0.3, 0.4) is 0 Å². The first-order valence-corrected chi connectivity index (χ1v) is 15.6. The number of thiazole rings is 1. The number of thioether (sulfide) groups is 1. The zero-order valence-corrected chi connectivity index (χ0v) is 23.8. The SMILES string of the molecule is Cn1ncc2c1C=C1CCC3C(C(O)CC4(C)C3CC[C@]4(O)C(=O)CSc3nc4ccccc4s3)C1(C)C2. The molecule has 4 aliphatic carbocycles. The van der Waals surface area contributed by atoms with Gasteiger partial charge in [0.2, 0.25) is 0 Å². The number of aliphatic hydroxyl groups is 2. The van der Waals surface area contributed by atoms with Crippen molar-refractivity contribution >= 4 is 45.2 Å². The molecule has 7 atom stereocenters. The van der Waals surface area contributed by atoms with Gasteiger partial charge in [-0.2, -0.15) is 5.10 Å². The monoisotopic (exact) mass is 549 g/mol. The Balaban J connectivity index is 1.14. The van der Waals surface area contributed by atoms with Crippen molar-refractivity contribution in [2.24, 2.45) is 35.6 Å². The zero-order chi connectivity index (χ0) is 26.4. The maximum atomic E-state index is 13.7. The van der Waals surface area contributed by atoms with Crippen LogP contribution in [0, 0.1) is 28.6 Å². The molecule has 0 bridgehead atoms. The molecule has 3 aromatic rings. The average molecular weight is 550 g/mol. The van der Waals surface area contributed by atoms with E-state index in [1.807, 2.05) is 42.2 Å². The number of Topliss-reactive ketones (excluding diaryl/α,β-unsaturated/α-hetero) is 1. The molecule has 1 aromatic carbocycles. The molecule has 6 unspecified atom stereocenters. The second-order valence-electron chi connectivity index (χ2n) is 12.5. The smallest absolute Gasteiger partial charge is 0.175 e. The van der Waals surface area contributed by atoms with Gasteiger partial charge in [-0.15, -0.1) is 11.3 Å². The van der Waals surface area contributed by atoms with E-state index in [4.69, 9.17) is 0 Å². The Hall–Kier alpha value is -2.00. The minimum absolute atomic E-state index is 0.113. The molecule has 2 N–H and O–H groups in total. The first kappa shape index (κ1) is 25.0. The Labute approximate surface area is 231 Å². The van der Waals surface area contributed by atoms with Gasteiger partial charge in [-0.25, -0.2) is 4.98 Å². The van der Waals surface area contributed by atoms with Crippen molar-refractivity contribution in [2.75, 3.05) is 5.75 Å². The van der Waals surface area contributed by atoms with Gasteiger partial charge in [0.25, 0.3) is 0 Å². The Kier molecular flexibility index (Phi) is 5.59. The van der Waals surface area contributed by atoms with Crippen LogP contribution in [0.2, 0.25) is 0 Å². The van der Waals surface area contributed by atoms with Crippen molar-refractivity contribution in [3.05, 3.63) is 47.3 Å². The quantitative estimate of drug-likeness (QED) is 0.431. The lowest BCUT2D eigenvalue weighted by Crippen LogP contribution is -2.62. The highest BCUT2D eigenvalue weighted by Crippen LogP contribution is 2.67. The highest BCUT2D eigenvalue weighted by molar-refractivity contribution is 8.01. The molecular formula is C30H35N3O3S2. The van der Waals surface area contributed by atoms with Gasteiger partial charge in [0.15, 0.2) is 10.1 Å². The van der Waals surface area contributed by atoms with Gasteiger partial charge in [0.1, 0.15) is 5.60 Å². The van der Waals surface area contributed by atoms with Gasteiger partial charge >= 0.3 is 0 Å². The molecule has 3 fully saturated rings. The number of aromatic nitrogens is 3. The van der Waals surface area contributed by atoms with Gasteiger partial charge in [-0.05, 0) is 85.5 Å². The summed E-state index contributed by atoms with van der Waals surface area (Å²) in [5.74, 6) is 0.743. The fourth-order valence-corrected chi connectivity index (χ4v) is 11.0. The molecule has 0 aliphatic heterocycles. The third-order valence-corrected chi connectivity index (χ3v) is 13.0. The van der Waals surface area contributed by atoms with E-state index in [1.165, 1.54) is 28.6 Å². The molecule has 7 rings (SSSR count). The maximum absolute atomic E-state index is 13.7. The summed E-state index contributed by atoms with van der Waals surface area (Å²) < 4.78 is 3.92. The lowest BCUT2D eigenvalue weighted by Gasteiger charge is -2.60. The predicted octanol–water partition coefficient (Wildman–Crippen LogP) is 5.28. The molecule has 2 aromatic heterocycles. The van der Waals surface area contributed by atoms with Crippen LogP contribution < -0.4 is 0 Å². The maximum Gasteiger partial charge on any atom is 0.175 e. The first-order chi connectivity index (χ1) is 18.1. The van der Waals surface area contributed by atoms with Gasteiger partial charge in [0.05, 0.1) is 34.0 Å². The number of allylic oxidation sites excluding steroid dienone is 1. The fraction of sp³-hybridized carbons (Fsp3) is 0.567. The van der Waals surface area contributed by atoms with Crippen molar-refractivity contribution in [3.63, 3.8) is 0 Å². The number of nitrogens with zero attached hydrogens (tertiary/aromatic N) is 3. The normalized spacial score (nSPS) is 37.8. The molecule has 0 saturated heterocycles. The molecule has 0 radical (unpaired) electrons. The largest absolute Gasteiger partial charge is 0.393 e. The number of ketones is 1. The summed E-state index contributed by atoms with van der Waals surface area (Å²) in [5.41, 5.74) is 2.67. The van der Waals surface area contributed by atoms with Crippen LogP contribution in [0.5, 0.6) is 0 Å². The molecule has 200 valence electrons. The number of aliphatic hydroxyl groups excluding tert-OH is 1. The molecule has 8 heteroatoms. The Morgan fingerprint density at radius 3 is 2.89 bits per heavy atom. The van der Waals surface area contributed by atoms with Gasteiger partial charge < -0.3 is 10.2 Å². The summed E-state index contributed by atoms with van der Waals surface area (Å²) in [7, 11) is 2.00. The third-order valence-electron chi connectivity index (χ3n) is 10.8. The number of hydrogen-bond acceptors (Lipinski definition) is 7. The summed E-state index contributed by atoms with van der Waals surface area (Å²) >= 11 is 3.02. The number of fused-ring (bicyclic) bond motifs is 7. The van der Waals surface area contributed by atoms with Crippen LogP contribution in [-0.2, 0) is 18.3 Å². The van der Waals surface area contributed by atoms with E-state index < -0.39 is 17.1 Å². The van der Waals surface area contributed by atoms with Gasteiger partial charge in [-0.1, -0.05) is 43.3 Å². The number of carbonyl (C=O) groups is 1. The molecule has 3 saturated carbocycles. The molecule has 6 nitrogen and oxygen atoms in total. The van der Waals surface area contributed by atoms with E-state index in [0.29, 0.717) is 18.8 Å². The highest BCUT2D eigenvalue weighted by atomic mass is 32.2. The second kappa shape index (κ2) is 8.50. The third kappa shape index (κ3) is 3.36. The summed E-state index contributed by atoms with van der Waals surface area (Å²) in [5, 5.41) is 28.3. The van der Waals surface area contributed by atoms with Gasteiger partial charge in [0, 0.05) is 12.5 Å². The average Bonchev–Trinajstić information content (AvgIpc) is 3.54. The topological polar surface area (TPSA) is 88.2 Å². The van der Waals surface area contributed by atoms with Crippen molar-refractivity contribution < 1.29 is 15.0 Å². The standard InChI is InChI=1S/C30H35N3O3S2/c1-28-13-17-15-31-33(3)22(17)12-18(28)8-9-19-20-10-11-30(36,29(20,2)14-23(34)26(19)28)25(35)16-37-27-32-21-6-4-5-7-24(21)38-27/h4-7,12,15,19-20,23,26,34,36H,8-11,13-14,16H2,1-3H3/t19?,20?,23?,26?,28?,29?,30-/m0/s1.